The molecule has 0 aliphatic rings. The zero-order valence-corrected chi connectivity index (χ0v) is 11.3. The van der Waals surface area contributed by atoms with Crippen molar-refractivity contribution in [3.63, 3.8) is 0 Å². The Bertz CT molecular complexity index is 656. The van der Waals surface area contributed by atoms with Gasteiger partial charge in [-0.2, -0.15) is 4.39 Å². The highest BCUT2D eigenvalue weighted by Gasteiger charge is 2.14. The molecule has 0 spiro atoms. The molecule has 2 rings (SSSR count). The number of hydrogen-bond donors (Lipinski definition) is 1. The molecule has 5 heteroatoms. The van der Waals surface area contributed by atoms with Crippen molar-refractivity contribution in [2.24, 2.45) is 0 Å². The van der Waals surface area contributed by atoms with Gasteiger partial charge >= 0.3 is 5.69 Å². The second-order valence-corrected chi connectivity index (χ2v) is 4.64. The number of rotatable bonds is 4. The normalized spacial score (nSPS) is 10.3. The smallest absolute Gasteiger partial charge is 0.306 e. The van der Waals surface area contributed by atoms with Crippen LogP contribution in [0.5, 0.6) is 0 Å². The first-order valence-corrected chi connectivity index (χ1v) is 6.22. The maximum Gasteiger partial charge on any atom is 0.306 e. The van der Waals surface area contributed by atoms with Gasteiger partial charge in [0.2, 0.25) is 5.82 Å². The van der Waals surface area contributed by atoms with Crippen molar-refractivity contribution in [2.45, 2.75) is 20.4 Å². The Morgan fingerprint density at radius 3 is 2.70 bits per heavy atom. The number of aryl methyl sites for hydroxylation is 1. The average molecular weight is 274 g/mol. The van der Waals surface area contributed by atoms with E-state index in [1.54, 1.807) is 0 Å². The Balaban J connectivity index is 2.17. The highest BCUT2D eigenvalue weighted by atomic mass is 19.1. The molecule has 0 atom stereocenters. The topological polar surface area (TPSA) is 55.2 Å². The van der Waals surface area contributed by atoms with E-state index in [0.717, 1.165) is 11.6 Å². The molecule has 0 aromatic heterocycles. The fourth-order valence-corrected chi connectivity index (χ4v) is 1.96. The van der Waals surface area contributed by atoms with Crippen molar-refractivity contribution in [3.05, 3.63) is 69.0 Å². The summed E-state index contributed by atoms with van der Waals surface area (Å²) in [6.45, 7) is 4.59. The summed E-state index contributed by atoms with van der Waals surface area (Å²) in [5, 5.41) is 13.8. The van der Waals surface area contributed by atoms with Gasteiger partial charge in [-0.3, -0.25) is 10.1 Å². The molecule has 104 valence electrons. The van der Waals surface area contributed by atoms with Gasteiger partial charge in [0, 0.05) is 18.3 Å². The molecular weight excluding hydrogens is 259 g/mol. The van der Waals surface area contributed by atoms with Gasteiger partial charge in [0.25, 0.3) is 0 Å². The van der Waals surface area contributed by atoms with E-state index in [1.807, 2.05) is 32.0 Å². The lowest BCUT2D eigenvalue weighted by atomic mass is 10.0. The van der Waals surface area contributed by atoms with Crippen LogP contribution in [-0.4, -0.2) is 4.92 Å². The zero-order chi connectivity index (χ0) is 14.7. The van der Waals surface area contributed by atoms with Crippen LogP contribution in [0.15, 0.2) is 36.4 Å². The third-order valence-corrected chi connectivity index (χ3v) is 3.34. The van der Waals surface area contributed by atoms with Gasteiger partial charge in [-0.15, -0.1) is 0 Å². The Kier molecular flexibility index (Phi) is 3.98. The Morgan fingerprint density at radius 1 is 1.25 bits per heavy atom. The lowest BCUT2D eigenvalue weighted by molar-refractivity contribution is -0.387. The molecule has 0 saturated carbocycles. The SMILES string of the molecule is Cc1cccc(CNc2ccc(F)c([N+](=O)[O-])c2)c1C. The van der Waals surface area contributed by atoms with Crippen molar-refractivity contribution in [1.82, 2.24) is 0 Å². The van der Waals surface area contributed by atoms with E-state index in [1.165, 1.54) is 23.3 Å². The first-order valence-electron chi connectivity index (χ1n) is 6.22. The number of nitrogens with zero attached hydrogens (tertiary/aromatic N) is 1. The number of benzene rings is 2. The first-order chi connectivity index (χ1) is 9.49. The van der Waals surface area contributed by atoms with Crippen LogP contribution in [0.25, 0.3) is 0 Å². The van der Waals surface area contributed by atoms with E-state index in [-0.39, 0.29) is 0 Å². The molecule has 0 saturated heterocycles. The number of anilines is 1. The summed E-state index contributed by atoms with van der Waals surface area (Å²) >= 11 is 0. The first kappa shape index (κ1) is 14.0. The maximum atomic E-state index is 13.2. The largest absolute Gasteiger partial charge is 0.381 e. The van der Waals surface area contributed by atoms with Gasteiger partial charge < -0.3 is 5.32 Å². The molecule has 20 heavy (non-hydrogen) atoms. The van der Waals surface area contributed by atoms with Crippen molar-refractivity contribution in [3.8, 4) is 0 Å². The van der Waals surface area contributed by atoms with Crippen molar-refractivity contribution in [1.29, 1.82) is 0 Å². The van der Waals surface area contributed by atoms with E-state index in [0.29, 0.717) is 12.2 Å². The lowest BCUT2D eigenvalue weighted by Crippen LogP contribution is -2.03. The molecule has 1 N–H and O–H groups in total. The van der Waals surface area contributed by atoms with Gasteiger partial charge in [0.15, 0.2) is 0 Å². The van der Waals surface area contributed by atoms with Crippen LogP contribution >= 0.6 is 0 Å². The molecule has 0 heterocycles. The van der Waals surface area contributed by atoms with Crippen LogP contribution in [0.4, 0.5) is 15.8 Å². The fraction of sp³-hybridized carbons (Fsp3) is 0.200. The molecule has 0 aliphatic carbocycles. The highest BCUT2D eigenvalue weighted by Crippen LogP contribution is 2.22. The minimum Gasteiger partial charge on any atom is -0.381 e. The fourth-order valence-electron chi connectivity index (χ4n) is 1.96. The van der Waals surface area contributed by atoms with E-state index in [2.05, 4.69) is 5.32 Å². The van der Waals surface area contributed by atoms with E-state index >= 15 is 0 Å². The van der Waals surface area contributed by atoms with Crippen molar-refractivity contribution >= 4 is 11.4 Å². The van der Waals surface area contributed by atoms with Gasteiger partial charge in [-0.05, 0) is 42.7 Å². The van der Waals surface area contributed by atoms with Crippen LogP contribution in [0, 0.1) is 29.8 Å². The highest BCUT2D eigenvalue weighted by molar-refractivity contribution is 5.52. The number of nitro benzene ring substituents is 1. The number of hydrogen-bond acceptors (Lipinski definition) is 3. The lowest BCUT2D eigenvalue weighted by Gasteiger charge is -2.11. The third kappa shape index (κ3) is 2.93. The minimum absolute atomic E-state index is 0.518. The van der Waals surface area contributed by atoms with Crippen LogP contribution in [0.1, 0.15) is 16.7 Å². The minimum atomic E-state index is -0.827. The number of halogens is 1. The standard InChI is InChI=1S/C15H15FN2O2/c1-10-4-3-5-12(11(10)2)9-17-13-6-7-14(16)15(8-13)18(19)20/h3-8,17H,9H2,1-2H3. The van der Waals surface area contributed by atoms with Crippen LogP contribution in [-0.2, 0) is 6.54 Å². The molecule has 0 amide bonds. The van der Waals surface area contributed by atoms with Crippen LogP contribution in [0.2, 0.25) is 0 Å². The van der Waals surface area contributed by atoms with Crippen LogP contribution in [0.3, 0.4) is 0 Å². The Hall–Kier alpha value is -2.43. The van der Waals surface area contributed by atoms with Crippen LogP contribution < -0.4 is 5.32 Å². The molecule has 0 bridgehead atoms. The van der Waals surface area contributed by atoms with E-state index in [4.69, 9.17) is 0 Å². The summed E-state index contributed by atoms with van der Waals surface area (Å²) in [6.07, 6.45) is 0. The summed E-state index contributed by atoms with van der Waals surface area (Å²) in [5.41, 5.74) is 3.48. The Morgan fingerprint density at radius 2 is 2.00 bits per heavy atom. The predicted octanol–water partition coefficient (Wildman–Crippen LogP) is 3.96. The molecule has 4 nitrogen and oxygen atoms in total. The number of nitrogens with one attached hydrogen (secondary N) is 1. The zero-order valence-electron chi connectivity index (χ0n) is 11.3. The molecule has 0 unspecified atom stereocenters. The summed E-state index contributed by atoms with van der Waals surface area (Å²) < 4.78 is 13.2. The third-order valence-electron chi connectivity index (χ3n) is 3.34. The molecule has 0 aliphatic heterocycles. The van der Waals surface area contributed by atoms with Gasteiger partial charge in [-0.1, -0.05) is 18.2 Å². The monoisotopic (exact) mass is 274 g/mol. The molecule has 0 fully saturated rings. The second kappa shape index (κ2) is 5.69. The maximum absolute atomic E-state index is 13.2. The summed E-state index contributed by atoms with van der Waals surface area (Å²) in [4.78, 5) is 9.96. The quantitative estimate of drug-likeness (QED) is 0.678. The molecule has 2 aromatic carbocycles. The number of nitro groups is 1. The van der Waals surface area contributed by atoms with E-state index < -0.39 is 16.4 Å². The average Bonchev–Trinajstić information content (AvgIpc) is 2.41. The Labute approximate surface area is 116 Å². The van der Waals surface area contributed by atoms with Gasteiger partial charge in [0.1, 0.15) is 0 Å². The summed E-state index contributed by atoms with van der Waals surface area (Å²) in [5.74, 6) is -0.827. The predicted molar refractivity (Wildman–Crippen MR) is 76.3 cm³/mol. The molecular formula is C15H15FN2O2. The van der Waals surface area contributed by atoms with Gasteiger partial charge in [0.05, 0.1) is 4.92 Å². The second-order valence-electron chi connectivity index (χ2n) is 4.64. The molecule has 0 radical (unpaired) electrons. The van der Waals surface area contributed by atoms with Gasteiger partial charge in [-0.25, -0.2) is 0 Å². The van der Waals surface area contributed by atoms with E-state index in [9.17, 15) is 14.5 Å². The van der Waals surface area contributed by atoms with Crippen molar-refractivity contribution in [2.75, 3.05) is 5.32 Å². The molecule has 2 aromatic rings. The summed E-state index contributed by atoms with van der Waals surface area (Å²) in [7, 11) is 0. The van der Waals surface area contributed by atoms with Crippen molar-refractivity contribution < 1.29 is 9.31 Å². The summed E-state index contributed by atoms with van der Waals surface area (Å²) in [6, 6.07) is 9.79.